The normalized spacial score (nSPS) is 12.1. The van der Waals surface area contributed by atoms with E-state index >= 15 is 0 Å². The van der Waals surface area contributed by atoms with Gasteiger partial charge in [0.15, 0.2) is 0 Å². The molecule has 2 aromatic rings. The summed E-state index contributed by atoms with van der Waals surface area (Å²) in [5.74, 6) is 0.785. The fourth-order valence-electron chi connectivity index (χ4n) is 1.53. The predicted octanol–water partition coefficient (Wildman–Crippen LogP) is 2.91. The van der Waals surface area contributed by atoms with Gasteiger partial charge in [-0.05, 0) is 19.1 Å². The number of benzene rings is 1. The highest BCUT2D eigenvalue weighted by molar-refractivity contribution is 7.09. The van der Waals surface area contributed by atoms with Crippen LogP contribution in [0.4, 0.5) is 11.4 Å². The van der Waals surface area contributed by atoms with Crippen molar-refractivity contribution in [2.45, 2.75) is 13.0 Å². The van der Waals surface area contributed by atoms with Gasteiger partial charge >= 0.3 is 0 Å². The van der Waals surface area contributed by atoms with Gasteiger partial charge in [0.05, 0.1) is 24.5 Å². The van der Waals surface area contributed by atoms with Gasteiger partial charge in [-0.15, -0.1) is 11.3 Å². The van der Waals surface area contributed by atoms with E-state index in [4.69, 9.17) is 10.5 Å². The number of anilines is 2. The van der Waals surface area contributed by atoms with Crippen LogP contribution in [-0.4, -0.2) is 12.1 Å². The van der Waals surface area contributed by atoms with E-state index in [-0.39, 0.29) is 6.04 Å². The first-order valence-corrected chi connectivity index (χ1v) is 6.18. The molecule has 0 saturated carbocycles. The highest BCUT2D eigenvalue weighted by atomic mass is 32.1. The topological polar surface area (TPSA) is 60.2 Å². The molecule has 5 heteroatoms. The van der Waals surface area contributed by atoms with E-state index in [2.05, 4.69) is 17.2 Å². The Morgan fingerprint density at radius 1 is 1.47 bits per heavy atom. The fraction of sp³-hybridized carbons (Fsp3) is 0.250. The second-order valence-electron chi connectivity index (χ2n) is 3.69. The largest absolute Gasteiger partial charge is 0.497 e. The van der Waals surface area contributed by atoms with Gasteiger partial charge < -0.3 is 15.8 Å². The molecule has 1 aromatic heterocycles. The fourth-order valence-corrected chi connectivity index (χ4v) is 2.18. The van der Waals surface area contributed by atoms with Crippen LogP contribution in [0.2, 0.25) is 0 Å². The quantitative estimate of drug-likeness (QED) is 0.818. The highest BCUT2D eigenvalue weighted by Crippen LogP contribution is 2.28. The zero-order chi connectivity index (χ0) is 12.3. The molecule has 2 rings (SSSR count). The Morgan fingerprint density at radius 2 is 2.29 bits per heavy atom. The molecule has 0 bridgehead atoms. The third kappa shape index (κ3) is 2.68. The van der Waals surface area contributed by atoms with E-state index in [1.807, 2.05) is 23.6 Å². The summed E-state index contributed by atoms with van der Waals surface area (Å²) < 4.78 is 5.17. The zero-order valence-corrected chi connectivity index (χ0v) is 10.6. The van der Waals surface area contributed by atoms with Crippen LogP contribution in [0.25, 0.3) is 0 Å². The van der Waals surface area contributed by atoms with Crippen molar-refractivity contribution in [1.82, 2.24) is 4.98 Å². The molecule has 1 unspecified atom stereocenters. The number of nitrogen functional groups attached to an aromatic ring is 1. The van der Waals surface area contributed by atoms with Crippen LogP contribution in [-0.2, 0) is 0 Å². The van der Waals surface area contributed by atoms with Crippen molar-refractivity contribution < 1.29 is 4.74 Å². The number of aromatic nitrogens is 1. The van der Waals surface area contributed by atoms with E-state index in [9.17, 15) is 0 Å². The number of thiazole rings is 1. The SMILES string of the molecule is COc1ccc(N)c(NC(C)c2nccs2)c1. The molecule has 3 N–H and O–H groups in total. The van der Waals surface area contributed by atoms with Crippen LogP contribution in [0.15, 0.2) is 29.8 Å². The third-order valence-corrected chi connectivity index (χ3v) is 3.41. The lowest BCUT2D eigenvalue weighted by Crippen LogP contribution is -2.08. The van der Waals surface area contributed by atoms with E-state index in [1.54, 1.807) is 24.6 Å². The minimum Gasteiger partial charge on any atom is -0.497 e. The summed E-state index contributed by atoms with van der Waals surface area (Å²) in [6, 6.07) is 5.69. The monoisotopic (exact) mass is 249 g/mol. The molecular weight excluding hydrogens is 234 g/mol. The highest BCUT2D eigenvalue weighted by Gasteiger charge is 2.10. The molecule has 0 aliphatic heterocycles. The summed E-state index contributed by atoms with van der Waals surface area (Å²) in [6.07, 6.45) is 1.80. The number of nitrogens with one attached hydrogen (secondary N) is 1. The summed E-state index contributed by atoms with van der Waals surface area (Å²) in [4.78, 5) is 4.27. The van der Waals surface area contributed by atoms with E-state index in [0.717, 1.165) is 16.4 Å². The number of nitrogens with zero attached hydrogens (tertiary/aromatic N) is 1. The molecule has 0 amide bonds. The van der Waals surface area contributed by atoms with Crippen molar-refractivity contribution >= 4 is 22.7 Å². The van der Waals surface area contributed by atoms with E-state index in [1.165, 1.54) is 0 Å². The Morgan fingerprint density at radius 3 is 2.94 bits per heavy atom. The minimum absolute atomic E-state index is 0.129. The van der Waals surface area contributed by atoms with Gasteiger partial charge in [0.1, 0.15) is 10.8 Å². The van der Waals surface area contributed by atoms with Gasteiger partial charge in [0, 0.05) is 17.6 Å². The maximum atomic E-state index is 5.91. The second kappa shape index (κ2) is 5.05. The Labute approximate surface area is 104 Å². The number of ether oxygens (including phenoxy) is 1. The lowest BCUT2D eigenvalue weighted by atomic mass is 10.2. The maximum Gasteiger partial charge on any atom is 0.121 e. The number of rotatable bonds is 4. The van der Waals surface area contributed by atoms with Crippen LogP contribution in [0, 0.1) is 0 Å². The Bertz CT molecular complexity index is 485. The summed E-state index contributed by atoms with van der Waals surface area (Å²) >= 11 is 1.62. The molecule has 90 valence electrons. The summed E-state index contributed by atoms with van der Waals surface area (Å²) in [5, 5.41) is 6.33. The minimum atomic E-state index is 0.129. The van der Waals surface area contributed by atoms with Crippen LogP contribution in [0.3, 0.4) is 0 Å². The van der Waals surface area contributed by atoms with Gasteiger partial charge in [-0.2, -0.15) is 0 Å². The number of hydrogen-bond acceptors (Lipinski definition) is 5. The zero-order valence-electron chi connectivity index (χ0n) is 9.81. The van der Waals surface area contributed by atoms with Crippen LogP contribution < -0.4 is 15.8 Å². The first-order chi connectivity index (χ1) is 8.20. The van der Waals surface area contributed by atoms with Crippen LogP contribution in [0.5, 0.6) is 5.75 Å². The molecule has 17 heavy (non-hydrogen) atoms. The Balaban J connectivity index is 2.18. The van der Waals surface area contributed by atoms with Crippen molar-refractivity contribution in [2.75, 3.05) is 18.2 Å². The standard InChI is InChI=1S/C12H15N3OS/c1-8(12-14-5-6-17-12)15-11-7-9(16-2)3-4-10(11)13/h3-8,15H,13H2,1-2H3. The van der Waals surface area contributed by atoms with Gasteiger partial charge in [-0.25, -0.2) is 4.98 Å². The third-order valence-electron chi connectivity index (χ3n) is 2.45. The summed E-state index contributed by atoms with van der Waals surface area (Å²) in [7, 11) is 1.64. The number of methoxy groups -OCH3 is 1. The van der Waals surface area contributed by atoms with Crippen molar-refractivity contribution in [3.63, 3.8) is 0 Å². The van der Waals surface area contributed by atoms with Crippen molar-refractivity contribution in [2.24, 2.45) is 0 Å². The van der Waals surface area contributed by atoms with E-state index < -0.39 is 0 Å². The Hall–Kier alpha value is -1.75. The maximum absolute atomic E-state index is 5.91. The summed E-state index contributed by atoms with van der Waals surface area (Å²) in [5.41, 5.74) is 7.48. The Kier molecular flexibility index (Phi) is 3.49. The van der Waals surface area contributed by atoms with Crippen LogP contribution >= 0.6 is 11.3 Å². The molecule has 1 atom stereocenters. The smallest absolute Gasteiger partial charge is 0.121 e. The molecule has 0 fully saturated rings. The second-order valence-corrected chi connectivity index (χ2v) is 4.62. The molecule has 0 spiro atoms. The van der Waals surface area contributed by atoms with Crippen LogP contribution in [0.1, 0.15) is 18.0 Å². The number of nitrogens with two attached hydrogens (primary N) is 1. The molecule has 1 aromatic carbocycles. The first kappa shape index (κ1) is 11.7. The average Bonchev–Trinajstić information content (AvgIpc) is 2.85. The molecule has 0 radical (unpaired) electrons. The first-order valence-electron chi connectivity index (χ1n) is 5.30. The lowest BCUT2D eigenvalue weighted by Gasteiger charge is -2.15. The van der Waals surface area contributed by atoms with Gasteiger partial charge in [0.2, 0.25) is 0 Å². The number of hydrogen-bond donors (Lipinski definition) is 2. The molecule has 1 heterocycles. The van der Waals surface area contributed by atoms with Crippen molar-refractivity contribution in [3.8, 4) is 5.75 Å². The predicted molar refractivity (Wildman–Crippen MR) is 71.6 cm³/mol. The molecule has 4 nitrogen and oxygen atoms in total. The van der Waals surface area contributed by atoms with Gasteiger partial charge in [-0.3, -0.25) is 0 Å². The molecular formula is C12H15N3OS. The molecule has 0 saturated heterocycles. The summed E-state index contributed by atoms with van der Waals surface area (Å²) in [6.45, 7) is 2.05. The van der Waals surface area contributed by atoms with Crippen molar-refractivity contribution in [1.29, 1.82) is 0 Å². The average molecular weight is 249 g/mol. The molecule has 0 aliphatic rings. The molecule has 0 aliphatic carbocycles. The lowest BCUT2D eigenvalue weighted by molar-refractivity contribution is 0.415. The van der Waals surface area contributed by atoms with Gasteiger partial charge in [-0.1, -0.05) is 0 Å². The van der Waals surface area contributed by atoms with E-state index in [0.29, 0.717) is 5.69 Å². The van der Waals surface area contributed by atoms with Gasteiger partial charge in [0.25, 0.3) is 0 Å². The van der Waals surface area contributed by atoms with Crippen molar-refractivity contribution in [3.05, 3.63) is 34.8 Å².